The minimum absolute atomic E-state index is 0.0785. The number of hydrogen-bond acceptors (Lipinski definition) is 4. The Labute approximate surface area is 152 Å². The van der Waals surface area contributed by atoms with Gasteiger partial charge in [0, 0.05) is 26.9 Å². The smallest absolute Gasteiger partial charge is 0.250 e. The number of benzene rings is 1. The highest BCUT2D eigenvalue weighted by Crippen LogP contribution is 2.61. The zero-order chi connectivity index (χ0) is 18.8. The van der Waals surface area contributed by atoms with E-state index in [1.165, 1.54) is 0 Å². The third-order valence-electron chi connectivity index (χ3n) is 4.63. The summed E-state index contributed by atoms with van der Waals surface area (Å²) in [5, 5.41) is 0.603. The summed E-state index contributed by atoms with van der Waals surface area (Å²) in [5.74, 6) is 0.185. The van der Waals surface area contributed by atoms with Crippen LogP contribution in [0.2, 0.25) is 23.2 Å². The average molecular weight is 393 g/mol. The number of ether oxygens (including phenoxy) is 1. The fraction of sp³-hybridized carbons (Fsp3) is 0.588. The summed E-state index contributed by atoms with van der Waals surface area (Å²) >= 11 is 6.65. The van der Waals surface area contributed by atoms with Gasteiger partial charge in [-0.25, -0.2) is 0 Å². The van der Waals surface area contributed by atoms with Crippen molar-refractivity contribution in [2.75, 3.05) is 21.3 Å². The van der Waals surface area contributed by atoms with Gasteiger partial charge in [0.15, 0.2) is 0 Å². The van der Waals surface area contributed by atoms with Crippen LogP contribution in [0.1, 0.15) is 32.2 Å². The molecule has 0 saturated heterocycles. The molecule has 7 heteroatoms. The highest BCUT2D eigenvalue weighted by atomic mass is 35.5. The van der Waals surface area contributed by atoms with Crippen LogP contribution in [0.5, 0.6) is 5.75 Å². The van der Waals surface area contributed by atoms with E-state index in [-0.39, 0.29) is 5.04 Å². The van der Waals surface area contributed by atoms with Gasteiger partial charge in [-0.05, 0) is 30.5 Å². The lowest BCUT2D eigenvalue weighted by Gasteiger charge is -2.37. The normalized spacial score (nSPS) is 14.5. The van der Waals surface area contributed by atoms with Crippen LogP contribution < -0.4 is 4.43 Å². The highest BCUT2D eigenvalue weighted by Gasteiger charge is 2.40. The third kappa shape index (κ3) is 4.46. The summed E-state index contributed by atoms with van der Waals surface area (Å²) in [6.07, 6.45) is 4.09. The zero-order valence-corrected chi connectivity index (χ0v) is 18.6. The largest absolute Gasteiger partial charge is 0.542 e. The van der Waals surface area contributed by atoms with Crippen molar-refractivity contribution < 1.29 is 18.2 Å². The molecule has 1 aromatic carbocycles. The maximum Gasteiger partial charge on any atom is 0.250 e. The van der Waals surface area contributed by atoms with E-state index >= 15 is 0 Å². The molecule has 0 radical (unpaired) electrons. The second-order valence-corrected chi connectivity index (χ2v) is 15.0. The molecule has 24 heavy (non-hydrogen) atoms. The van der Waals surface area contributed by atoms with Gasteiger partial charge in [0.25, 0.3) is 8.32 Å². The lowest BCUT2D eigenvalue weighted by atomic mass is 10.2. The second kappa shape index (κ2) is 7.94. The van der Waals surface area contributed by atoms with E-state index in [4.69, 9.17) is 29.8 Å². The molecule has 0 aliphatic rings. The van der Waals surface area contributed by atoms with Crippen LogP contribution in [-0.4, -0.2) is 35.9 Å². The van der Waals surface area contributed by atoms with Crippen molar-refractivity contribution in [2.24, 2.45) is 0 Å². The van der Waals surface area contributed by atoms with E-state index in [9.17, 15) is 0 Å². The lowest BCUT2D eigenvalue weighted by molar-refractivity contribution is 0.141. The zero-order valence-electron chi connectivity index (χ0n) is 16.0. The molecule has 1 atom stereocenters. The van der Waals surface area contributed by atoms with Crippen molar-refractivity contribution in [1.82, 2.24) is 0 Å². The molecular weight excluding hydrogens is 363 g/mol. The van der Waals surface area contributed by atoms with Gasteiger partial charge in [0.1, 0.15) is 18.9 Å². The van der Waals surface area contributed by atoms with Gasteiger partial charge in [0.05, 0.1) is 5.02 Å². The summed E-state index contributed by atoms with van der Waals surface area (Å²) < 4.78 is 23.0. The maximum absolute atomic E-state index is 6.65. The fourth-order valence-electron chi connectivity index (χ4n) is 1.99. The Morgan fingerprint density at radius 2 is 1.67 bits per heavy atom. The van der Waals surface area contributed by atoms with E-state index in [1.807, 2.05) is 18.2 Å². The van der Waals surface area contributed by atoms with Crippen molar-refractivity contribution in [3.8, 4) is 5.75 Å². The Morgan fingerprint density at radius 3 is 2.08 bits per heavy atom. The van der Waals surface area contributed by atoms with Gasteiger partial charge in [0.2, 0.25) is 0 Å². The Bertz CT molecular complexity index is 605. The van der Waals surface area contributed by atoms with Crippen molar-refractivity contribution >= 4 is 33.6 Å². The van der Waals surface area contributed by atoms with Gasteiger partial charge in [-0.1, -0.05) is 44.5 Å². The second-order valence-electron chi connectivity index (χ2n) is 7.20. The first-order valence-electron chi connectivity index (χ1n) is 7.78. The number of methoxy groups -OCH3 is 1. The van der Waals surface area contributed by atoms with E-state index in [0.717, 1.165) is 5.56 Å². The molecule has 0 bridgehead atoms. The van der Waals surface area contributed by atoms with Crippen molar-refractivity contribution in [2.45, 2.75) is 44.7 Å². The molecule has 0 saturated carbocycles. The van der Waals surface area contributed by atoms with E-state index in [1.54, 1.807) is 21.3 Å². The monoisotopic (exact) mass is 392 g/mol. The van der Waals surface area contributed by atoms with Crippen LogP contribution in [0.4, 0.5) is 0 Å². The number of hydrogen-bond donors (Lipinski definition) is 0. The molecule has 1 aromatic rings. The van der Waals surface area contributed by atoms with Gasteiger partial charge in [-0.3, -0.25) is 0 Å². The molecule has 0 aliphatic carbocycles. The first-order chi connectivity index (χ1) is 10.9. The molecule has 0 aromatic heterocycles. The van der Waals surface area contributed by atoms with Gasteiger partial charge in [-0.15, -0.1) is 0 Å². The molecule has 0 heterocycles. The standard InChI is InChI=1S/C17H30ClO4PSi/c1-17(2,3)24(8,9)22-14-12-10-11-13(15(14)18)16(19-4)23(7,20-5)21-6/h10-12,16H,7H2,1-6,8-9H3. The SMILES string of the molecule is C=P(OC)(OC)C(OC)c1cccc(O[Si](C)(C)C(C)(C)C)c1Cl. The molecular formula is C17H30ClO4PSi. The molecule has 0 spiro atoms. The Kier molecular flexibility index (Phi) is 7.20. The molecule has 0 fully saturated rings. The molecule has 1 rings (SSSR count). The summed E-state index contributed by atoms with van der Waals surface area (Å²) in [6, 6.07) is 5.69. The lowest BCUT2D eigenvalue weighted by Crippen LogP contribution is -2.44. The summed E-state index contributed by atoms with van der Waals surface area (Å²) in [4.78, 5) is 0. The molecule has 1 unspecified atom stereocenters. The van der Waals surface area contributed by atoms with Gasteiger partial charge >= 0.3 is 0 Å². The molecule has 0 amide bonds. The molecule has 0 aliphatic heterocycles. The van der Waals surface area contributed by atoms with Gasteiger partial charge in [-0.2, -0.15) is 0 Å². The Hall–Kier alpha value is -0.293. The number of halogens is 1. The summed E-state index contributed by atoms with van der Waals surface area (Å²) in [5.41, 5.74) is 0.766. The molecule has 4 nitrogen and oxygen atoms in total. The van der Waals surface area contributed by atoms with Crippen LogP contribution in [-0.2, 0) is 13.8 Å². The minimum Gasteiger partial charge on any atom is -0.542 e. The molecule has 0 N–H and O–H groups in total. The minimum atomic E-state index is -2.49. The van der Waals surface area contributed by atoms with Crippen molar-refractivity contribution in [3.05, 3.63) is 28.8 Å². The average Bonchev–Trinajstić information content (AvgIpc) is 2.49. The predicted molar refractivity (Wildman–Crippen MR) is 107 cm³/mol. The number of rotatable bonds is 7. The highest BCUT2D eigenvalue weighted by molar-refractivity contribution is 7.64. The summed E-state index contributed by atoms with van der Waals surface area (Å²) in [6.45, 7) is 10.9. The maximum atomic E-state index is 6.65. The first kappa shape index (κ1) is 21.7. The fourth-order valence-corrected chi connectivity index (χ4v) is 4.91. The van der Waals surface area contributed by atoms with Crippen LogP contribution in [0.15, 0.2) is 18.2 Å². The van der Waals surface area contributed by atoms with Crippen molar-refractivity contribution in [3.63, 3.8) is 0 Å². The van der Waals surface area contributed by atoms with E-state index in [0.29, 0.717) is 10.8 Å². The Morgan fingerprint density at radius 1 is 1.12 bits per heavy atom. The topological polar surface area (TPSA) is 36.9 Å². The Balaban J connectivity index is 3.33. The third-order valence-corrected chi connectivity index (χ3v) is 11.8. The van der Waals surface area contributed by atoms with E-state index in [2.05, 4.69) is 40.2 Å². The molecule has 138 valence electrons. The van der Waals surface area contributed by atoms with Crippen molar-refractivity contribution in [1.29, 1.82) is 0 Å². The van der Waals surface area contributed by atoms with Crippen LogP contribution >= 0.6 is 18.9 Å². The van der Waals surface area contributed by atoms with Crippen LogP contribution in [0, 0.1) is 0 Å². The van der Waals surface area contributed by atoms with Gasteiger partial charge < -0.3 is 18.2 Å². The quantitative estimate of drug-likeness (QED) is 0.425. The van der Waals surface area contributed by atoms with Crippen LogP contribution in [0.25, 0.3) is 0 Å². The first-order valence-corrected chi connectivity index (χ1v) is 12.9. The summed E-state index contributed by atoms with van der Waals surface area (Å²) in [7, 11) is 0.240. The van der Waals surface area contributed by atoms with E-state index < -0.39 is 21.5 Å². The van der Waals surface area contributed by atoms with Crippen LogP contribution in [0.3, 0.4) is 0 Å². The predicted octanol–water partition coefficient (Wildman–Crippen LogP) is 5.94.